The fourth-order valence-electron chi connectivity index (χ4n) is 2.12. The lowest BCUT2D eigenvalue weighted by molar-refractivity contribution is 0.127. The summed E-state index contributed by atoms with van der Waals surface area (Å²) in [5, 5.41) is 3.28. The van der Waals surface area contributed by atoms with E-state index >= 15 is 0 Å². The summed E-state index contributed by atoms with van der Waals surface area (Å²) in [4.78, 5) is 12.8. The number of nitrogens with one attached hydrogen (secondary N) is 1. The summed E-state index contributed by atoms with van der Waals surface area (Å²) in [5.41, 5.74) is 0. The molecule has 4 heteroatoms. The molecule has 1 amide bonds. The lowest BCUT2D eigenvalue weighted by Gasteiger charge is -2.19. The minimum atomic E-state index is -0.238. The molecule has 0 saturated heterocycles. The van der Waals surface area contributed by atoms with Gasteiger partial charge in [0.1, 0.15) is 0 Å². The lowest BCUT2D eigenvalue weighted by atomic mass is 10.1. The molecule has 1 saturated carbocycles. The van der Waals surface area contributed by atoms with E-state index in [1.165, 1.54) is 20.0 Å². The summed E-state index contributed by atoms with van der Waals surface area (Å²) >= 11 is 0. The quantitative estimate of drug-likeness (QED) is 0.741. The molecule has 0 aromatic rings. The van der Waals surface area contributed by atoms with Crippen LogP contribution in [0.5, 0.6) is 0 Å². The highest BCUT2D eigenvalue weighted by molar-refractivity contribution is 5.66. The Hall–Kier alpha value is -0.770. The molecule has 14 heavy (non-hydrogen) atoms. The topological polar surface area (TPSA) is 41.6 Å². The number of nitrogens with zero attached hydrogens (tertiary/aromatic N) is 1. The molecule has 1 aliphatic carbocycles. The van der Waals surface area contributed by atoms with Gasteiger partial charge in [-0.25, -0.2) is 4.79 Å². The molecule has 0 aromatic heterocycles. The second-order valence-corrected chi connectivity index (χ2v) is 4.02. The van der Waals surface area contributed by atoms with Crippen LogP contribution in [0.2, 0.25) is 0 Å². The molecule has 0 aromatic carbocycles. The molecule has 1 rings (SSSR count). The van der Waals surface area contributed by atoms with Gasteiger partial charge in [0.15, 0.2) is 0 Å². The van der Waals surface area contributed by atoms with Gasteiger partial charge in [0.25, 0.3) is 0 Å². The number of ether oxygens (including phenoxy) is 1. The van der Waals surface area contributed by atoms with E-state index in [4.69, 9.17) is 0 Å². The van der Waals surface area contributed by atoms with Crippen molar-refractivity contribution in [3.63, 3.8) is 0 Å². The van der Waals surface area contributed by atoms with Crippen molar-refractivity contribution >= 4 is 6.09 Å². The fraction of sp³-hybridized carbons (Fsp3) is 0.900. The first-order valence-corrected chi connectivity index (χ1v) is 5.13. The number of amides is 1. The second kappa shape index (κ2) is 5.20. The fourth-order valence-corrected chi connectivity index (χ4v) is 2.12. The van der Waals surface area contributed by atoms with Gasteiger partial charge in [0.2, 0.25) is 0 Å². The second-order valence-electron chi connectivity index (χ2n) is 4.02. The molecule has 0 heterocycles. The van der Waals surface area contributed by atoms with Crippen molar-refractivity contribution in [1.29, 1.82) is 0 Å². The Kier molecular flexibility index (Phi) is 4.20. The minimum Gasteiger partial charge on any atom is -0.453 e. The van der Waals surface area contributed by atoms with Crippen LogP contribution >= 0.6 is 0 Å². The van der Waals surface area contributed by atoms with Crippen LogP contribution in [0.4, 0.5) is 4.79 Å². The van der Waals surface area contributed by atoms with Crippen LogP contribution in [0.1, 0.15) is 19.3 Å². The smallest absolute Gasteiger partial charge is 0.409 e. The van der Waals surface area contributed by atoms with E-state index in [2.05, 4.69) is 10.1 Å². The van der Waals surface area contributed by atoms with Crippen LogP contribution in [0.3, 0.4) is 0 Å². The van der Waals surface area contributed by atoms with E-state index in [-0.39, 0.29) is 6.09 Å². The van der Waals surface area contributed by atoms with Crippen LogP contribution in [0.15, 0.2) is 0 Å². The standard InChI is InChI=1S/C10H20N2O2/c1-11-9-5-4-8(6-9)7-12(2)10(13)14-3/h8-9,11H,4-7H2,1-3H3. The molecular weight excluding hydrogens is 180 g/mol. The summed E-state index contributed by atoms with van der Waals surface area (Å²) < 4.78 is 4.65. The highest BCUT2D eigenvalue weighted by Crippen LogP contribution is 2.25. The summed E-state index contributed by atoms with van der Waals surface area (Å²) in [7, 11) is 5.21. The predicted molar refractivity (Wildman–Crippen MR) is 55.2 cm³/mol. The van der Waals surface area contributed by atoms with Crippen LogP contribution in [0, 0.1) is 5.92 Å². The molecule has 2 unspecified atom stereocenters. The molecule has 0 bridgehead atoms. The molecule has 1 aliphatic rings. The van der Waals surface area contributed by atoms with Crippen LogP contribution in [-0.2, 0) is 4.74 Å². The van der Waals surface area contributed by atoms with E-state index in [1.54, 1.807) is 11.9 Å². The molecule has 4 nitrogen and oxygen atoms in total. The van der Waals surface area contributed by atoms with Gasteiger partial charge in [-0.3, -0.25) is 0 Å². The normalized spacial score (nSPS) is 26.2. The summed E-state index contributed by atoms with van der Waals surface area (Å²) in [6.45, 7) is 0.810. The Morgan fingerprint density at radius 3 is 2.79 bits per heavy atom. The summed E-state index contributed by atoms with van der Waals surface area (Å²) in [5.74, 6) is 0.622. The first-order valence-electron chi connectivity index (χ1n) is 5.13. The third-order valence-electron chi connectivity index (χ3n) is 2.97. The van der Waals surface area contributed by atoms with Crippen molar-refractivity contribution in [3.8, 4) is 0 Å². The van der Waals surface area contributed by atoms with E-state index in [0.29, 0.717) is 12.0 Å². The van der Waals surface area contributed by atoms with Gasteiger partial charge in [-0.1, -0.05) is 0 Å². The van der Waals surface area contributed by atoms with Crippen molar-refractivity contribution in [2.75, 3.05) is 27.7 Å². The van der Waals surface area contributed by atoms with E-state index in [1.807, 2.05) is 7.05 Å². The van der Waals surface area contributed by atoms with Crippen molar-refractivity contribution < 1.29 is 9.53 Å². The third kappa shape index (κ3) is 2.87. The van der Waals surface area contributed by atoms with Gasteiger partial charge in [0.05, 0.1) is 7.11 Å². The minimum absolute atomic E-state index is 0.238. The first kappa shape index (κ1) is 11.3. The highest BCUT2D eigenvalue weighted by Gasteiger charge is 2.25. The molecule has 2 atom stereocenters. The Bertz CT molecular complexity index is 197. The maximum atomic E-state index is 11.1. The highest BCUT2D eigenvalue weighted by atomic mass is 16.5. The number of carbonyl (C=O) groups excluding carboxylic acids is 1. The van der Waals surface area contributed by atoms with E-state index < -0.39 is 0 Å². The lowest BCUT2D eigenvalue weighted by Crippen LogP contribution is -2.31. The third-order valence-corrected chi connectivity index (χ3v) is 2.97. The maximum absolute atomic E-state index is 11.1. The van der Waals surface area contributed by atoms with Gasteiger partial charge in [-0.2, -0.15) is 0 Å². The molecule has 0 aliphatic heterocycles. The van der Waals surface area contributed by atoms with Crippen molar-refractivity contribution in [2.24, 2.45) is 5.92 Å². The van der Waals surface area contributed by atoms with Gasteiger partial charge >= 0.3 is 6.09 Å². The molecule has 1 fully saturated rings. The monoisotopic (exact) mass is 200 g/mol. The zero-order valence-corrected chi connectivity index (χ0v) is 9.25. The largest absolute Gasteiger partial charge is 0.453 e. The molecular formula is C10H20N2O2. The van der Waals surface area contributed by atoms with Gasteiger partial charge < -0.3 is 15.0 Å². The molecule has 1 N–H and O–H groups in total. The Balaban J connectivity index is 2.28. The maximum Gasteiger partial charge on any atom is 0.409 e. The van der Waals surface area contributed by atoms with Crippen LogP contribution in [0.25, 0.3) is 0 Å². The summed E-state index contributed by atoms with van der Waals surface area (Å²) in [6, 6.07) is 0.631. The van der Waals surface area contributed by atoms with Crippen LogP contribution < -0.4 is 5.32 Å². The average molecular weight is 200 g/mol. The first-order chi connectivity index (χ1) is 6.67. The Morgan fingerprint density at radius 1 is 1.57 bits per heavy atom. The van der Waals surface area contributed by atoms with Crippen molar-refractivity contribution in [1.82, 2.24) is 10.2 Å². The molecule has 0 radical (unpaired) electrons. The number of hydrogen-bond acceptors (Lipinski definition) is 3. The predicted octanol–water partition coefficient (Wildman–Crippen LogP) is 1.07. The van der Waals surface area contributed by atoms with Gasteiger partial charge in [-0.15, -0.1) is 0 Å². The average Bonchev–Trinajstić information content (AvgIpc) is 2.64. The van der Waals surface area contributed by atoms with Gasteiger partial charge in [0, 0.05) is 19.6 Å². The Morgan fingerprint density at radius 2 is 2.29 bits per heavy atom. The summed E-state index contributed by atoms with van der Waals surface area (Å²) in [6.07, 6.45) is 3.35. The van der Waals surface area contributed by atoms with Crippen molar-refractivity contribution in [3.05, 3.63) is 0 Å². The van der Waals surface area contributed by atoms with Gasteiger partial charge in [-0.05, 0) is 32.2 Å². The Labute approximate surface area is 85.6 Å². The number of methoxy groups -OCH3 is 1. The number of hydrogen-bond donors (Lipinski definition) is 1. The number of rotatable bonds is 3. The van der Waals surface area contributed by atoms with Crippen molar-refractivity contribution in [2.45, 2.75) is 25.3 Å². The SMILES string of the molecule is CNC1CCC(CN(C)C(=O)OC)C1. The molecule has 82 valence electrons. The number of carbonyl (C=O) groups is 1. The molecule has 0 spiro atoms. The van der Waals surface area contributed by atoms with E-state index in [0.717, 1.165) is 13.0 Å². The zero-order valence-electron chi connectivity index (χ0n) is 9.25. The van der Waals surface area contributed by atoms with E-state index in [9.17, 15) is 4.79 Å². The zero-order chi connectivity index (χ0) is 10.6. The van der Waals surface area contributed by atoms with Crippen LogP contribution in [-0.4, -0.2) is 44.8 Å².